The van der Waals surface area contributed by atoms with Gasteiger partial charge in [0.25, 0.3) is 0 Å². The van der Waals surface area contributed by atoms with Crippen molar-refractivity contribution in [3.05, 3.63) is 94.5 Å². The van der Waals surface area contributed by atoms with E-state index in [9.17, 15) is 0 Å². The minimum absolute atomic E-state index is 0.00434. The third kappa shape index (κ3) is 6.03. The fourth-order valence-corrected chi connectivity index (χ4v) is 6.34. The molecular weight excluding hydrogens is 425 g/mol. The van der Waals surface area contributed by atoms with E-state index in [1.54, 1.807) is 7.11 Å². The lowest BCUT2D eigenvalue weighted by molar-refractivity contribution is 0.0493. The summed E-state index contributed by atoms with van der Waals surface area (Å²) in [6.07, 6.45) is 2.94. The summed E-state index contributed by atoms with van der Waals surface area (Å²) in [5, 5.41) is 4.83. The number of aryl methyl sites for hydroxylation is 1. The standard InChI is InChI=1S/C29H38NO2P/c1-6-29(7-2,33-28-22(3)13-11-17-25(28)20-30-4)26-18-12-16-24(27(26)32-21-31-5)19-23-14-9-8-10-15-23/h8-18,30,33H,6-7,19-21H2,1-5H3. The summed E-state index contributed by atoms with van der Waals surface area (Å²) in [6.45, 7) is 8.01. The molecule has 176 valence electrons. The third-order valence-electron chi connectivity index (χ3n) is 6.47. The Morgan fingerprint density at radius 1 is 0.879 bits per heavy atom. The second-order valence-electron chi connectivity index (χ2n) is 8.56. The van der Waals surface area contributed by atoms with Crippen molar-refractivity contribution in [1.29, 1.82) is 0 Å². The predicted octanol–water partition coefficient (Wildman–Crippen LogP) is 6.31. The molecule has 0 saturated heterocycles. The summed E-state index contributed by atoms with van der Waals surface area (Å²) < 4.78 is 11.7. The molecule has 0 heterocycles. The van der Waals surface area contributed by atoms with Gasteiger partial charge in [-0.25, -0.2) is 0 Å². The first-order chi connectivity index (χ1) is 16.1. The van der Waals surface area contributed by atoms with Crippen molar-refractivity contribution in [2.45, 2.75) is 51.7 Å². The smallest absolute Gasteiger partial charge is 0.188 e. The van der Waals surface area contributed by atoms with Crippen molar-refractivity contribution in [2.75, 3.05) is 21.0 Å². The number of benzene rings is 3. The molecule has 33 heavy (non-hydrogen) atoms. The van der Waals surface area contributed by atoms with Gasteiger partial charge in [-0.3, -0.25) is 0 Å². The largest absolute Gasteiger partial charge is 0.467 e. The lowest BCUT2D eigenvalue weighted by Crippen LogP contribution is -2.26. The second kappa shape index (κ2) is 12.3. The van der Waals surface area contributed by atoms with Gasteiger partial charge in [-0.05, 0) is 54.4 Å². The summed E-state index contributed by atoms with van der Waals surface area (Å²) >= 11 is 0. The van der Waals surface area contributed by atoms with E-state index in [4.69, 9.17) is 9.47 Å². The van der Waals surface area contributed by atoms with Crippen LogP contribution in [0.25, 0.3) is 0 Å². The molecule has 0 radical (unpaired) electrons. The topological polar surface area (TPSA) is 30.5 Å². The maximum atomic E-state index is 6.31. The summed E-state index contributed by atoms with van der Waals surface area (Å²) in [4.78, 5) is 0. The molecule has 1 unspecified atom stereocenters. The first-order valence-electron chi connectivity index (χ1n) is 11.9. The van der Waals surface area contributed by atoms with Crippen LogP contribution in [-0.4, -0.2) is 21.0 Å². The Kier molecular flexibility index (Phi) is 9.50. The highest BCUT2D eigenvalue weighted by atomic mass is 31.1. The van der Waals surface area contributed by atoms with Crippen LogP contribution in [0.5, 0.6) is 5.75 Å². The quantitative estimate of drug-likeness (QED) is 0.252. The summed E-state index contributed by atoms with van der Waals surface area (Å²) in [5.41, 5.74) is 6.56. The molecule has 0 aliphatic rings. The average Bonchev–Trinajstić information content (AvgIpc) is 2.84. The minimum atomic E-state index is 0.00434. The maximum absolute atomic E-state index is 6.31. The van der Waals surface area contributed by atoms with Crippen LogP contribution in [0.15, 0.2) is 66.7 Å². The monoisotopic (exact) mass is 463 g/mol. The third-order valence-corrected chi connectivity index (χ3v) is 8.89. The van der Waals surface area contributed by atoms with Gasteiger partial charge in [0.2, 0.25) is 0 Å². The highest BCUT2D eigenvalue weighted by Crippen LogP contribution is 2.51. The first-order valence-corrected chi connectivity index (χ1v) is 12.9. The van der Waals surface area contributed by atoms with Crippen LogP contribution in [0.1, 0.15) is 54.5 Å². The van der Waals surface area contributed by atoms with Crippen molar-refractivity contribution in [1.82, 2.24) is 5.32 Å². The van der Waals surface area contributed by atoms with Gasteiger partial charge in [0.15, 0.2) is 6.79 Å². The highest BCUT2D eigenvalue weighted by Gasteiger charge is 2.34. The van der Waals surface area contributed by atoms with Gasteiger partial charge in [0.05, 0.1) is 0 Å². The Balaban J connectivity index is 2.11. The van der Waals surface area contributed by atoms with Crippen molar-refractivity contribution in [3.8, 4) is 5.75 Å². The number of para-hydroxylation sites is 1. The normalized spacial score (nSPS) is 11.9. The molecule has 3 rings (SSSR count). The number of ether oxygens (including phenoxy) is 2. The molecule has 0 fully saturated rings. The first kappa shape index (κ1) is 25.4. The van der Waals surface area contributed by atoms with Crippen molar-refractivity contribution < 1.29 is 9.47 Å². The highest BCUT2D eigenvalue weighted by molar-refractivity contribution is 7.48. The zero-order chi connectivity index (χ0) is 23.7. The Labute approximate surface area is 201 Å². The molecule has 3 nitrogen and oxygen atoms in total. The van der Waals surface area contributed by atoms with Gasteiger partial charge in [-0.2, -0.15) is 0 Å². The van der Waals surface area contributed by atoms with E-state index >= 15 is 0 Å². The minimum Gasteiger partial charge on any atom is -0.467 e. The molecule has 0 spiro atoms. The summed E-state index contributed by atoms with van der Waals surface area (Å²) in [5.74, 6) is 0.989. The molecule has 1 N–H and O–H groups in total. The van der Waals surface area contributed by atoms with Gasteiger partial charge in [0, 0.05) is 30.8 Å². The number of nitrogens with one attached hydrogen (secondary N) is 1. The molecule has 3 aromatic carbocycles. The molecule has 0 amide bonds. The maximum Gasteiger partial charge on any atom is 0.188 e. The van der Waals surface area contributed by atoms with Crippen LogP contribution in [-0.2, 0) is 22.9 Å². The zero-order valence-electron chi connectivity index (χ0n) is 20.7. The number of methoxy groups -OCH3 is 1. The zero-order valence-corrected chi connectivity index (χ0v) is 21.7. The van der Waals surface area contributed by atoms with Crippen molar-refractivity contribution >= 4 is 13.9 Å². The number of hydrogen-bond acceptors (Lipinski definition) is 3. The van der Waals surface area contributed by atoms with Crippen molar-refractivity contribution in [3.63, 3.8) is 0 Å². The van der Waals surface area contributed by atoms with Crippen LogP contribution in [0.4, 0.5) is 0 Å². The molecule has 0 aliphatic heterocycles. The van der Waals surface area contributed by atoms with E-state index in [1.807, 2.05) is 7.05 Å². The Hall–Kier alpha value is -2.19. The van der Waals surface area contributed by atoms with E-state index in [-0.39, 0.29) is 11.9 Å². The van der Waals surface area contributed by atoms with Crippen LogP contribution in [0, 0.1) is 6.92 Å². The molecule has 0 aliphatic carbocycles. The van der Waals surface area contributed by atoms with E-state index < -0.39 is 0 Å². The molecule has 0 aromatic heterocycles. The van der Waals surface area contributed by atoms with Crippen LogP contribution >= 0.6 is 8.58 Å². The van der Waals surface area contributed by atoms with Gasteiger partial charge in [-0.15, -0.1) is 0 Å². The van der Waals surface area contributed by atoms with E-state index in [2.05, 4.69) is 92.8 Å². The number of hydrogen-bond donors (Lipinski definition) is 1. The molecule has 0 saturated carbocycles. The molecule has 3 aromatic rings. The van der Waals surface area contributed by atoms with E-state index in [0.717, 1.165) is 31.6 Å². The number of rotatable bonds is 12. The van der Waals surface area contributed by atoms with Gasteiger partial charge < -0.3 is 14.8 Å². The molecular formula is C29H38NO2P. The van der Waals surface area contributed by atoms with Crippen LogP contribution in [0.3, 0.4) is 0 Å². The predicted molar refractivity (Wildman–Crippen MR) is 142 cm³/mol. The lowest BCUT2D eigenvalue weighted by Gasteiger charge is -2.36. The van der Waals surface area contributed by atoms with Gasteiger partial charge >= 0.3 is 0 Å². The SMILES string of the molecule is CCC(CC)(Pc1c(C)cccc1CNC)c1cccc(Cc2ccccc2)c1OCOC. The van der Waals surface area contributed by atoms with Crippen LogP contribution < -0.4 is 15.4 Å². The average molecular weight is 464 g/mol. The Bertz CT molecular complexity index is 1020. The van der Waals surface area contributed by atoms with E-state index in [1.165, 1.54) is 33.1 Å². The van der Waals surface area contributed by atoms with Gasteiger partial charge in [0.1, 0.15) is 5.75 Å². The summed E-state index contributed by atoms with van der Waals surface area (Å²) in [7, 11) is 4.36. The molecule has 4 heteroatoms. The fraction of sp³-hybridized carbons (Fsp3) is 0.379. The van der Waals surface area contributed by atoms with Gasteiger partial charge in [-0.1, -0.05) is 89.2 Å². The van der Waals surface area contributed by atoms with Crippen molar-refractivity contribution in [2.24, 2.45) is 0 Å². The Morgan fingerprint density at radius 3 is 2.24 bits per heavy atom. The van der Waals surface area contributed by atoms with Crippen LogP contribution in [0.2, 0.25) is 0 Å². The molecule has 0 bridgehead atoms. The Morgan fingerprint density at radius 2 is 1.58 bits per heavy atom. The lowest BCUT2D eigenvalue weighted by atomic mass is 9.89. The van der Waals surface area contributed by atoms with E-state index in [0.29, 0.717) is 8.58 Å². The second-order valence-corrected chi connectivity index (χ2v) is 10.3. The summed E-state index contributed by atoms with van der Waals surface area (Å²) in [6, 6.07) is 24.0. The molecule has 1 atom stereocenters. The fourth-order valence-electron chi connectivity index (χ4n) is 4.56.